The van der Waals surface area contributed by atoms with Crippen LogP contribution in [0.2, 0.25) is 15.1 Å². The second-order valence-electron chi connectivity index (χ2n) is 6.68. The van der Waals surface area contributed by atoms with Crippen LogP contribution in [0.1, 0.15) is 11.1 Å². The Kier molecular flexibility index (Phi) is 5.55. The molecule has 0 aliphatic rings. The van der Waals surface area contributed by atoms with Crippen molar-refractivity contribution in [1.82, 2.24) is 15.0 Å². The van der Waals surface area contributed by atoms with Crippen LogP contribution in [-0.4, -0.2) is 15.0 Å². The van der Waals surface area contributed by atoms with E-state index in [9.17, 15) is 26.3 Å². The fourth-order valence-electron chi connectivity index (χ4n) is 3.11. The largest absolute Gasteiger partial charge is 0.418 e. The Morgan fingerprint density at radius 2 is 1.53 bits per heavy atom. The Morgan fingerprint density at radius 3 is 2.12 bits per heavy atom. The van der Waals surface area contributed by atoms with Crippen molar-refractivity contribution in [3.05, 3.63) is 68.8 Å². The Bertz CT molecular complexity index is 1350. The third kappa shape index (κ3) is 4.24. The third-order valence-corrected chi connectivity index (χ3v) is 5.33. The molecule has 12 heteroatoms. The van der Waals surface area contributed by atoms with Gasteiger partial charge >= 0.3 is 12.4 Å². The van der Waals surface area contributed by atoms with Crippen molar-refractivity contribution in [3.8, 4) is 22.6 Å². The first-order chi connectivity index (χ1) is 14.8. The molecular weight excluding hydrogens is 503 g/mol. The number of rotatable bonds is 2. The summed E-state index contributed by atoms with van der Waals surface area (Å²) in [5.74, 6) is -0.128. The van der Waals surface area contributed by atoms with Crippen molar-refractivity contribution in [2.45, 2.75) is 12.4 Å². The van der Waals surface area contributed by atoms with E-state index in [0.717, 1.165) is 0 Å². The van der Waals surface area contributed by atoms with E-state index < -0.39 is 34.5 Å². The summed E-state index contributed by atoms with van der Waals surface area (Å²) in [6.07, 6.45) is -8.64. The Labute approximate surface area is 191 Å². The number of aromatic nitrogens is 3. The summed E-state index contributed by atoms with van der Waals surface area (Å²) in [5, 5.41) is 0.640. The van der Waals surface area contributed by atoms with Crippen LogP contribution in [0.15, 0.2) is 42.6 Å². The molecule has 0 atom stereocenters. The van der Waals surface area contributed by atoms with E-state index in [2.05, 4.69) is 15.0 Å². The summed E-state index contributed by atoms with van der Waals surface area (Å²) in [6, 6.07) is 6.52. The highest BCUT2D eigenvalue weighted by molar-refractivity contribution is 6.36. The van der Waals surface area contributed by atoms with Crippen molar-refractivity contribution >= 4 is 45.8 Å². The lowest BCUT2D eigenvalue weighted by atomic mass is 10.1. The molecule has 0 aliphatic heterocycles. The molecule has 0 fully saturated rings. The number of pyridine rings is 1. The lowest BCUT2D eigenvalue weighted by Crippen LogP contribution is -2.11. The van der Waals surface area contributed by atoms with Gasteiger partial charge in [0.2, 0.25) is 0 Å². The van der Waals surface area contributed by atoms with Crippen molar-refractivity contribution in [1.29, 1.82) is 0 Å². The van der Waals surface area contributed by atoms with Gasteiger partial charge in [0.05, 0.1) is 37.4 Å². The second kappa shape index (κ2) is 7.83. The first-order valence-electron chi connectivity index (χ1n) is 8.64. The number of H-pyrrole nitrogens is 1. The van der Waals surface area contributed by atoms with Crippen molar-refractivity contribution < 1.29 is 26.3 Å². The number of nitrogens with zero attached hydrogens (tertiary/aromatic N) is 2. The quantitative estimate of drug-likeness (QED) is 0.276. The molecule has 0 amide bonds. The number of aromatic amines is 1. The number of halogens is 9. The van der Waals surface area contributed by atoms with Gasteiger partial charge in [-0.3, -0.25) is 4.98 Å². The maximum atomic E-state index is 13.4. The predicted octanol–water partition coefficient (Wildman–Crippen LogP) is 8.29. The van der Waals surface area contributed by atoms with E-state index >= 15 is 0 Å². The molecule has 0 spiro atoms. The van der Waals surface area contributed by atoms with E-state index in [0.29, 0.717) is 22.3 Å². The summed E-state index contributed by atoms with van der Waals surface area (Å²) in [5.41, 5.74) is -2.99. The van der Waals surface area contributed by atoms with Gasteiger partial charge in [0.25, 0.3) is 0 Å². The van der Waals surface area contributed by atoms with Gasteiger partial charge in [-0.05, 0) is 30.3 Å². The van der Waals surface area contributed by atoms with Crippen LogP contribution in [0, 0.1) is 0 Å². The lowest BCUT2D eigenvalue weighted by Gasteiger charge is -2.11. The smallest absolute Gasteiger partial charge is 0.338 e. The van der Waals surface area contributed by atoms with E-state index in [1.807, 2.05) is 0 Å². The monoisotopic (exact) mass is 509 g/mol. The summed E-state index contributed by atoms with van der Waals surface area (Å²) in [4.78, 5) is 10.5. The van der Waals surface area contributed by atoms with E-state index in [4.69, 9.17) is 34.8 Å². The minimum atomic E-state index is -5.05. The molecule has 32 heavy (non-hydrogen) atoms. The lowest BCUT2D eigenvalue weighted by molar-refractivity contribution is -0.142. The molecule has 166 valence electrons. The van der Waals surface area contributed by atoms with Gasteiger partial charge in [0.15, 0.2) is 0 Å². The van der Waals surface area contributed by atoms with Gasteiger partial charge in [-0.15, -0.1) is 0 Å². The van der Waals surface area contributed by atoms with Crippen molar-refractivity contribution in [2.24, 2.45) is 0 Å². The highest BCUT2D eigenvalue weighted by atomic mass is 35.5. The van der Waals surface area contributed by atoms with E-state index in [1.54, 1.807) is 6.07 Å². The minimum Gasteiger partial charge on any atom is -0.338 e. The van der Waals surface area contributed by atoms with E-state index in [1.165, 1.54) is 24.4 Å². The Hall–Kier alpha value is -2.49. The molecule has 4 aromatic rings. The normalized spacial score (nSPS) is 12.5. The van der Waals surface area contributed by atoms with Crippen LogP contribution in [0.5, 0.6) is 0 Å². The first-order valence-corrected chi connectivity index (χ1v) is 9.77. The minimum absolute atomic E-state index is 0.0336. The maximum Gasteiger partial charge on any atom is 0.418 e. The molecule has 0 radical (unpaired) electrons. The van der Waals surface area contributed by atoms with Crippen LogP contribution in [-0.2, 0) is 12.4 Å². The molecule has 0 aliphatic carbocycles. The SMILES string of the molecule is FC(F)(F)c1cc(C(F)(F)F)c2nc(-c3ccc(-c4ncc(Cl)cc4Cl)cc3Cl)[nH]c2c1. The summed E-state index contributed by atoms with van der Waals surface area (Å²) < 4.78 is 79.5. The molecule has 2 aromatic heterocycles. The van der Waals surface area contributed by atoms with Crippen LogP contribution in [0.3, 0.4) is 0 Å². The number of alkyl halides is 6. The second-order valence-corrected chi connectivity index (χ2v) is 7.93. The average Bonchev–Trinajstić information content (AvgIpc) is 3.09. The van der Waals surface area contributed by atoms with Crippen LogP contribution in [0.25, 0.3) is 33.7 Å². The topological polar surface area (TPSA) is 41.6 Å². The van der Waals surface area contributed by atoms with E-state index in [-0.39, 0.29) is 27.5 Å². The predicted molar refractivity (Wildman–Crippen MR) is 110 cm³/mol. The number of imidazole rings is 1. The van der Waals surface area contributed by atoms with Gasteiger partial charge in [-0.1, -0.05) is 40.9 Å². The molecule has 0 bridgehead atoms. The maximum absolute atomic E-state index is 13.4. The molecule has 0 saturated heterocycles. The van der Waals surface area contributed by atoms with Crippen LogP contribution in [0.4, 0.5) is 26.3 Å². The van der Waals surface area contributed by atoms with Gasteiger partial charge in [-0.25, -0.2) is 4.98 Å². The number of hydrogen-bond donors (Lipinski definition) is 1. The number of hydrogen-bond acceptors (Lipinski definition) is 2. The summed E-state index contributed by atoms with van der Waals surface area (Å²) in [7, 11) is 0. The number of benzene rings is 2. The fourth-order valence-corrected chi connectivity index (χ4v) is 3.87. The molecular formula is C20H8Cl3F6N3. The van der Waals surface area contributed by atoms with Gasteiger partial charge < -0.3 is 4.98 Å². The van der Waals surface area contributed by atoms with Gasteiger partial charge in [0, 0.05) is 17.3 Å². The van der Waals surface area contributed by atoms with Gasteiger partial charge in [-0.2, -0.15) is 26.3 Å². The van der Waals surface area contributed by atoms with Gasteiger partial charge in [0.1, 0.15) is 11.3 Å². The highest BCUT2D eigenvalue weighted by Crippen LogP contribution is 2.41. The first kappa shape index (κ1) is 22.7. The molecule has 3 nitrogen and oxygen atoms in total. The van der Waals surface area contributed by atoms with Crippen molar-refractivity contribution in [2.75, 3.05) is 0 Å². The molecule has 4 rings (SSSR count). The van der Waals surface area contributed by atoms with Crippen molar-refractivity contribution in [3.63, 3.8) is 0 Å². The number of nitrogens with one attached hydrogen (secondary N) is 1. The molecule has 0 saturated carbocycles. The zero-order valence-electron chi connectivity index (χ0n) is 15.3. The van der Waals surface area contributed by atoms with Crippen LogP contribution >= 0.6 is 34.8 Å². The molecule has 1 N–H and O–H groups in total. The molecule has 2 aromatic carbocycles. The van der Waals surface area contributed by atoms with Crippen LogP contribution < -0.4 is 0 Å². The molecule has 0 unspecified atom stereocenters. The molecule has 2 heterocycles. The fraction of sp³-hybridized carbons (Fsp3) is 0.100. The zero-order chi connectivity index (χ0) is 23.4. The standard InChI is InChI=1S/C20H8Cl3F6N3/c21-10-6-14(23)16(30-7-10)8-1-2-11(13(22)3-8)18-31-15-5-9(19(24,25)26)4-12(17(15)32-18)20(27,28)29/h1-7H,(H,31,32). The number of fused-ring (bicyclic) bond motifs is 1. The highest BCUT2D eigenvalue weighted by Gasteiger charge is 2.39. The Morgan fingerprint density at radius 1 is 0.812 bits per heavy atom. The summed E-state index contributed by atoms with van der Waals surface area (Å²) >= 11 is 18.3. The zero-order valence-corrected chi connectivity index (χ0v) is 17.6. The average molecular weight is 511 g/mol. The third-order valence-electron chi connectivity index (χ3n) is 4.52. The Balaban J connectivity index is 1.85. The summed E-state index contributed by atoms with van der Waals surface area (Å²) in [6.45, 7) is 0.